The summed E-state index contributed by atoms with van der Waals surface area (Å²) in [5, 5.41) is 9.30. The van der Waals surface area contributed by atoms with Crippen molar-refractivity contribution in [3.05, 3.63) is 42.5 Å². The number of aromatic hydroxyl groups is 1. The van der Waals surface area contributed by atoms with Crippen molar-refractivity contribution in [2.24, 2.45) is 0 Å². The van der Waals surface area contributed by atoms with E-state index in [4.69, 9.17) is 4.84 Å². The van der Waals surface area contributed by atoms with Crippen LogP contribution >= 0.6 is 0 Å². The number of phenols is 1. The van der Waals surface area contributed by atoms with E-state index in [9.17, 15) is 9.90 Å². The Morgan fingerprint density at radius 2 is 2.20 bits per heavy atom. The Kier molecular flexibility index (Phi) is 7.07. The molecule has 1 aromatic carbocycles. The van der Waals surface area contributed by atoms with Crippen LogP contribution in [0.1, 0.15) is 10.4 Å². The molecule has 0 aromatic heterocycles. The maximum Gasteiger partial charge on any atom is 0.278 e. The van der Waals surface area contributed by atoms with Crippen molar-refractivity contribution < 1.29 is 14.7 Å². The molecule has 0 bridgehead atoms. The molecule has 0 atom stereocenters. The molecule has 0 unspecified atom stereocenters. The quantitative estimate of drug-likeness (QED) is 0.339. The minimum atomic E-state index is -0.482. The van der Waals surface area contributed by atoms with Gasteiger partial charge in [-0.2, -0.15) is 0 Å². The maximum atomic E-state index is 11.3. The number of carbonyl (C=O) groups is 1. The Morgan fingerprint density at radius 1 is 1.53 bits per heavy atom. The second kappa shape index (κ2) is 7.48. The van der Waals surface area contributed by atoms with Crippen molar-refractivity contribution in [3.8, 4) is 5.75 Å². The van der Waals surface area contributed by atoms with E-state index >= 15 is 0 Å². The Hall–Kier alpha value is -0.810. The molecule has 0 heterocycles. The van der Waals surface area contributed by atoms with Gasteiger partial charge in [0.1, 0.15) is 5.75 Å². The van der Waals surface area contributed by atoms with Gasteiger partial charge in [0.05, 0.1) is 12.2 Å². The van der Waals surface area contributed by atoms with Crippen LogP contribution < -0.4 is 5.48 Å². The van der Waals surface area contributed by atoms with Crippen LogP contribution in [0.15, 0.2) is 36.9 Å². The third-order valence-corrected chi connectivity index (χ3v) is 1.51. The zero-order valence-electron chi connectivity index (χ0n) is 8.56. The molecule has 15 heavy (non-hydrogen) atoms. The van der Waals surface area contributed by atoms with Gasteiger partial charge in [-0.15, -0.1) is 6.58 Å². The summed E-state index contributed by atoms with van der Waals surface area (Å²) in [5.41, 5.74) is 2.35. The molecule has 0 aliphatic heterocycles. The van der Waals surface area contributed by atoms with Gasteiger partial charge in [0.2, 0.25) is 0 Å². The van der Waals surface area contributed by atoms with E-state index in [2.05, 4.69) is 12.1 Å². The van der Waals surface area contributed by atoms with Crippen molar-refractivity contribution in [1.29, 1.82) is 0 Å². The van der Waals surface area contributed by atoms with Gasteiger partial charge in [-0.05, 0) is 12.1 Å². The van der Waals surface area contributed by atoms with E-state index in [1.54, 1.807) is 12.1 Å². The maximum absolute atomic E-state index is 11.3. The summed E-state index contributed by atoms with van der Waals surface area (Å²) >= 11 is 0. The molecule has 1 rings (SSSR count). The number of hydrogen-bond acceptors (Lipinski definition) is 3. The number of amides is 1. The molecule has 0 saturated heterocycles. The van der Waals surface area contributed by atoms with Gasteiger partial charge >= 0.3 is 0 Å². The first kappa shape index (κ1) is 14.2. The number of para-hydroxylation sites is 1. The monoisotopic (exact) mass is 216 g/mol. The molecular formula is C10H11NNaO3. The average molecular weight is 216 g/mol. The first-order valence-electron chi connectivity index (χ1n) is 4.06. The molecule has 4 nitrogen and oxygen atoms in total. The fraction of sp³-hybridized carbons (Fsp3) is 0.100. The Balaban J connectivity index is 0.00000196. The molecule has 1 aromatic rings. The van der Waals surface area contributed by atoms with Gasteiger partial charge in [0.15, 0.2) is 0 Å². The number of rotatable bonds is 4. The summed E-state index contributed by atoms with van der Waals surface area (Å²) in [5.74, 6) is -0.558. The first-order valence-corrected chi connectivity index (χ1v) is 4.06. The van der Waals surface area contributed by atoms with Crippen molar-refractivity contribution in [2.75, 3.05) is 6.61 Å². The van der Waals surface area contributed by atoms with Crippen LogP contribution in [0.4, 0.5) is 0 Å². The largest absolute Gasteiger partial charge is 0.507 e. The molecule has 0 aliphatic carbocycles. The standard InChI is InChI=1S/C10H11NO3.Na/c1-2-7-14-11-10(13)8-5-3-4-6-9(8)12;/h2-6,12H,1,7H2,(H,11,13);. The number of hydrogen-bond donors (Lipinski definition) is 2. The number of nitrogens with one attached hydrogen (secondary N) is 1. The summed E-state index contributed by atoms with van der Waals surface area (Å²) < 4.78 is 0. The van der Waals surface area contributed by atoms with Gasteiger partial charge in [-0.1, -0.05) is 18.2 Å². The normalized spacial score (nSPS) is 8.80. The van der Waals surface area contributed by atoms with Crippen molar-refractivity contribution in [1.82, 2.24) is 5.48 Å². The smallest absolute Gasteiger partial charge is 0.278 e. The summed E-state index contributed by atoms with van der Waals surface area (Å²) in [7, 11) is 0. The number of carbonyl (C=O) groups excluding carboxylic acids is 1. The van der Waals surface area contributed by atoms with Gasteiger partial charge in [0, 0.05) is 29.6 Å². The molecule has 1 radical (unpaired) electrons. The average Bonchev–Trinajstić information content (AvgIpc) is 2.18. The molecule has 0 aliphatic rings. The van der Waals surface area contributed by atoms with Crippen LogP contribution in [0.5, 0.6) is 5.75 Å². The van der Waals surface area contributed by atoms with E-state index in [0.717, 1.165) is 0 Å². The van der Waals surface area contributed by atoms with Gasteiger partial charge in [-0.25, -0.2) is 5.48 Å². The predicted molar refractivity (Wildman–Crippen MR) is 57.5 cm³/mol. The van der Waals surface area contributed by atoms with E-state index in [1.165, 1.54) is 18.2 Å². The topological polar surface area (TPSA) is 58.6 Å². The molecule has 1 amide bonds. The fourth-order valence-corrected chi connectivity index (χ4v) is 0.887. The number of phenolic OH excluding ortho intramolecular Hbond substituents is 1. The van der Waals surface area contributed by atoms with Crippen molar-refractivity contribution >= 4 is 35.5 Å². The van der Waals surface area contributed by atoms with E-state index in [1.807, 2.05) is 0 Å². The molecular weight excluding hydrogens is 205 g/mol. The second-order valence-corrected chi connectivity index (χ2v) is 2.55. The molecule has 0 fully saturated rings. The summed E-state index contributed by atoms with van der Waals surface area (Å²) in [6.45, 7) is 3.64. The van der Waals surface area contributed by atoms with Crippen LogP contribution in [0, 0.1) is 0 Å². The third kappa shape index (κ3) is 4.48. The molecule has 5 heteroatoms. The summed E-state index contributed by atoms with van der Waals surface area (Å²) in [4.78, 5) is 16.0. The van der Waals surface area contributed by atoms with E-state index < -0.39 is 5.91 Å². The third-order valence-electron chi connectivity index (χ3n) is 1.51. The van der Waals surface area contributed by atoms with Crippen LogP contribution in [0.2, 0.25) is 0 Å². The van der Waals surface area contributed by atoms with E-state index in [0.29, 0.717) is 0 Å². The number of benzene rings is 1. The second-order valence-electron chi connectivity index (χ2n) is 2.55. The van der Waals surface area contributed by atoms with E-state index in [-0.39, 0.29) is 47.5 Å². The fourth-order valence-electron chi connectivity index (χ4n) is 0.887. The molecule has 0 spiro atoms. The van der Waals surface area contributed by atoms with Crippen molar-refractivity contribution in [2.45, 2.75) is 0 Å². The van der Waals surface area contributed by atoms with Gasteiger partial charge < -0.3 is 5.11 Å². The van der Waals surface area contributed by atoms with Crippen LogP contribution in [0.3, 0.4) is 0 Å². The zero-order valence-corrected chi connectivity index (χ0v) is 10.6. The summed E-state index contributed by atoms with van der Waals surface area (Å²) in [6.07, 6.45) is 1.51. The van der Waals surface area contributed by atoms with Crippen LogP contribution in [0.25, 0.3) is 0 Å². The summed E-state index contributed by atoms with van der Waals surface area (Å²) in [6, 6.07) is 6.23. The van der Waals surface area contributed by atoms with Gasteiger partial charge in [0.25, 0.3) is 5.91 Å². The SMILES string of the molecule is C=CCONC(=O)c1ccccc1O.[Na]. The minimum absolute atomic E-state index is 0. The Labute approximate surface area is 110 Å². The van der Waals surface area contributed by atoms with Gasteiger partial charge in [-0.3, -0.25) is 9.63 Å². The van der Waals surface area contributed by atoms with Crippen molar-refractivity contribution in [3.63, 3.8) is 0 Å². The number of hydroxylamine groups is 1. The molecule has 75 valence electrons. The Morgan fingerprint density at radius 3 is 2.80 bits per heavy atom. The minimum Gasteiger partial charge on any atom is -0.507 e. The predicted octanol–water partition coefficient (Wildman–Crippen LogP) is 0.859. The first-order chi connectivity index (χ1) is 6.75. The van der Waals surface area contributed by atoms with Crippen LogP contribution in [-0.4, -0.2) is 47.2 Å². The zero-order chi connectivity index (χ0) is 10.4. The Bertz CT molecular complexity index is 341. The van der Waals surface area contributed by atoms with Crippen LogP contribution in [-0.2, 0) is 4.84 Å². The molecule has 0 saturated carbocycles. The molecule has 2 N–H and O–H groups in total.